The molecule has 0 bridgehead atoms. The number of carbonyl (C=O) groups excluding carboxylic acids is 1. The van der Waals surface area contributed by atoms with Crippen molar-refractivity contribution in [3.05, 3.63) is 50.6 Å². The van der Waals surface area contributed by atoms with Crippen LogP contribution in [0.2, 0.25) is 0 Å². The van der Waals surface area contributed by atoms with Crippen molar-refractivity contribution in [3.8, 4) is 0 Å². The molecule has 1 aromatic carbocycles. The molecule has 16 heavy (non-hydrogen) atoms. The first kappa shape index (κ1) is 11.4. The highest BCUT2D eigenvalue weighted by molar-refractivity contribution is 9.10. The van der Waals surface area contributed by atoms with Crippen molar-refractivity contribution < 1.29 is 9.18 Å². The molecule has 0 saturated carbocycles. The molecule has 2 aromatic rings. The van der Waals surface area contributed by atoms with Crippen LogP contribution in [0.5, 0.6) is 0 Å². The van der Waals surface area contributed by atoms with E-state index in [0.29, 0.717) is 9.35 Å². The highest BCUT2D eigenvalue weighted by atomic mass is 79.9. The lowest BCUT2D eigenvalue weighted by Crippen LogP contribution is -2.01. The third-order valence-corrected chi connectivity index (χ3v) is 3.48. The fourth-order valence-electron chi connectivity index (χ4n) is 1.28. The van der Waals surface area contributed by atoms with E-state index in [4.69, 9.17) is 0 Å². The van der Waals surface area contributed by atoms with E-state index in [9.17, 15) is 9.18 Å². The number of Topliss-reactive ketones (excluding diaryl/α,β-unsaturated/α-hetero) is 1. The molecule has 1 heterocycles. The zero-order valence-corrected chi connectivity index (χ0v) is 10.5. The van der Waals surface area contributed by atoms with Crippen molar-refractivity contribution in [2.45, 2.75) is 6.42 Å². The first-order valence-electron chi connectivity index (χ1n) is 4.52. The molecule has 0 aliphatic heterocycles. The van der Waals surface area contributed by atoms with Gasteiger partial charge in [-0.3, -0.25) is 9.78 Å². The van der Waals surface area contributed by atoms with Crippen molar-refractivity contribution >= 4 is 33.0 Å². The minimum atomic E-state index is -0.325. The van der Waals surface area contributed by atoms with Gasteiger partial charge in [0, 0.05) is 12.6 Å². The molecular formula is C11H7BrFNOS. The van der Waals surface area contributed by atoms with Crippen LogP contribution in [0.4, 0.5) is 4.39 Å². The minimum absolute atomic E-state index is 0.000933. The number of nitrogens with zero attached hydrogens (tertiary/aromatic N) is 1. The van der Waals surface area contributed by atoms with E-state index >= 15 is 0 Å². The summed E-state index contributed by atoms with van der Waals surface area (Å²) in [4.78, 5) is 16.2. The fraction of sp³-hybridized carbons (Fsp3) is 0.0909. The van der Waals surface area contributed by atoms with Gasteiger partial charge in [0.2, 0.25) is 0 Å². The SMILES string of the molecule is O=C(Cc1ccc(F)c(Br)c1)c1cncs1. The van der Waals surface area contributed by atoms with E-state index in [-0.39, 0.29) is 18.0 Å². The molecule has 0 amide bonds. The zero-order chi connectivity index (χ0) is 11.5. The Bertz CT molecular complexity index is 513. The third kappa shape index (κ3) is 2.54. The van der Waals surface area contributed by atoms with Crippen LogP contribution in [0, 0.1) is 5.82 Å². The van der Waals surface area contributed by atoms with Gasteiger partial charge in [-0.25, -0.2) is 4.39 Å². The monoisotopic (exact) mass is 299 g/mol. The van der Waals surface area contributed by atoms with E-state index < -0.39 is 0 Å². The van der Waals surface area contributed by atoms with Crippen LogP contribution in [-0.2, 0) is 6.42 Å². The summed E-state index contributed by atoms with van der Waals surface area (Å²) in [5, 5.41) is 0. The molecule has 2 rings (SSSR count). The van der Waals surface area contributed by atoms with Crippen LogP contribution in [0.1, 0.15) is 15.2 Å². The molecule has 0 aliphatic rings. The second kappa shape index (κ2) is 4.84. The Labute approximate surface area is 104 Å². The highest BCUT2D eigenvalue weighted by Crippen LogP contribution is 2.18. The highest BCUT2D eigenvalue weighted by Gasteiger charge is 2.09. The molecule has 0 aliphatic carbocycles. The Morgan fingerprint density at radius 2 is 2.31 bits per heavy atom. The molecule has 0 unspecified atom stereocenters. The summed E-state index contributed by atoms with van der Waals surface area (Å²) in [6, 6.07) is 4.58. The fourth-order valence-corrected chi connectivity index (χ4v) is 2.26. The molecule has 0 fully saturated rings. The van der Waals surface area contributed by atoms with Crippen LogP contribution in [0.15, 0.2) is 34.4 Å². The number of halogens is 2. The summed E-state index contributed by atoms with van der Waals surface area (Å²) < 4.78 is 13.3. The summed E-state index contributed by atoms with van der Waals surface area (Å²) >= 11 is 4.40. The van der Waals surface area contributed by atoms with Crippen LogP contribution >= 0.6 is 27.3 Å². The average Bonchev–Trinajstić information content (AvgIpc) is 2.77. The lowest BCUT2D eigenvalue weighted by atomic mass is 10.1. The van der Waals surface area contributed by atoms with Gasteiger partial charge in [-0.05, 0) is 33.6 Å². The lowest BCUT2D eigenvalue weighted by molar-refractivity contribution is 0.0996. The number of thiazole rings is 1. The van der Waals surface area contributed by atoms with Gasteiger partial charge >= 0.3 is 0 Å². The predicted octanol–water partition coefficient (Wildman–Crippen LogP) is 3.47. The van der Waals surface area contributed by atoms with Gasteiger partial charge in [-0.1, -0.05) is 6.07 Å². The maximum Gasteiger partial charge on any atom is 0.178 e. The van der Waals surface area contributed by atoms with Crippen molar-refractivity contribution in [2.75, 3.05) is 0 Å². The van der Waals surface area contributed by atoms with Crippen LogP contribution < -0.4 is 0 Å². The summed E-state index contributed by atoms with van der Waals surface area (Å²) in [6.07, 6.45) is 1.81. The number of benzene rings is 1. The number of hydrogen-bond acceptors (Lipinski definition) is 3. The van der Waals surface area contributed by atoms with Gasteiger partial charge in [0.25, 0.3) is 0 Å². The quantitative estimate of drug-likeness (QED) is 0.812. The first-order valence-corrected chi connectivity index (χ1v) is 6.19. The van der Waals surface area contributed by atoms with Crippen molar-refractivity contribution in [1.29, 1.82) is 0 Å². The van der Waals surface area contributed by atoms with Crippen molar-refractivity contribution in [1.82, 2.24) is 4.98 Å². The summed E-state index contributed by atoms with van der Waals surface area (Å²) in [7, 11) is 0. The summed E-state index contributed by atoms with van der Waals surface area (Å²) in [5.74, 6) is -0.324. The average molecular weight is 300 g/mol. The molecule has 1 aromatic heterocycles. The van der Waals surface area contributed by atoms with E-state index in [1.54, 1.807) is 23.8 Å². The molecular weight excluding hydrogens is 293 g/mol. The Kier molecular flexibility index (Phi) is 3.46. The van der Waals surface area contributed by atoms with E-state index in [1.807, 2.05) is 0 Å². The zero-order valence-electron chi connectivity index (χ0n) is 8.11. The van der Waals surface area contributed by atoms with Gasteiger partial charge in [-0.2, -0.15) is 0 Å². The Balaban J connectivity index is 2.15. The number of carbonyl (C=O) groups is 1. The van der Waals surface area contributed by atoms with Gasteiger partial charge in [-0.15, -0.1) is 11.3 Å². The lowest BCUT2D eigenvalue weighted by Gasteiger charge is -2.00. The minimum Gasteiger partial charge on any atom is -0.293 e. The molecule has 0 spiro atoms. The molecule has 0 N–H and O–H groups in total. The predicted molar refractivity (Wildman–Crippen MR) is 64.2 cm³/mol. The van der Waals surface area contributed by atoms with Crippen LogP contribution in [0.25, 0.3) is 0 Å². The molecule has 2 nitrogen and oxygen atoms in total. The Hall–Kier alpha value is -1.07. The maximum atomic E-state index is 13.0. The molecule has 0 radical (unpaired) electrons. The van der Waals surface area contributed by atoms with Gasteiger partial charge < -0.3 is 0 Å². The van der Waals surface area contributed by atoms with Crippen molar-refractivity contribution in [3.63, 3.8) is 0 Å². The van der Waals surface area contributed by atoms with E-state index in [1.165, 1.54) is 17.4 Å². The Morgan fingerprint density at radius 1 is 1.50 bits per heavy atom. The topological polar surface area (TPSA) is 30.0 Å². The second-order valence-electron chi connectivity index (χ2n) is 3.21. The van der Waals surface area contributed by atoms with Crippen molar-refractivity contribution in [2.24, 2.45) is 0 Å². The second-order valence-corrected chi connectivity index (χ2v) is 4.95. The number of ketones is 1. The number of rotatable bonds is 3. The van der Waals surface area contributed by atoms with Crippen LogP contribution in [0.3, 0.4) is 0 Å². The number of hydrogen-bond donors (Lipinski definition) is 0. The molecule has 0 atom stereocenters. The smallest absolute Gasteiger partial charge is 0.178 e. The van der Waals surface area contributed by atoms with E-state index in [2.05, 4.69) is 20.9 Å². The molecule has 5 heteroatoms. The first-order chi connectivity index (χ1) is 7.66. The number of aromatic nitrogens is 1. The Morgan fingerprint density at radius 3 is 2.94 bits per heavy atom. The largest absolute Gasteiger partial charge is 0.293 e. The standard InChI is InChI=1S/C11H7BrFNOS/c12-8-3-7(1-2-9(8)13)4-10(15)11-5-14-6-16-11/h1-3,5-6H,4H2. The maximum absolute atomic E-state index is 13.0. The molecule has 82 valence electrons. The van der Waals surface area contributed by atoms with Gasteiger partial charge in [0.1, 0.15) is 5.82 Å². The third-order valence-electron chi connectivity index (χ3n) is 2.06. The summed E-state index contributed by atoms with van der Waals surface area (Å²) in [6.45, 7) is 0. The van der Waals surface area contributed by atoms with E-state index in [0.717, 1.165) is 5.56 Å². The van der Waals surface area contributed by atoms with Crippen LogP contribution in [-0.4, -0.2) is 10.8 Å². The normalized spacial score (nSPS) is 10.4. The van der Waals surface area contributed by atoms with Gasteiger partial charge in [0.15, 0.2) is 5.78 Å². The molecule has 0 saturated heterocycles. The summed E-state index contributed by atoms with van der Waals surface area (Å²) in [5.41, 5.74) is 2.40. The van der Waals surface area contributed by atoms with Gasteiger partial charge in [0.05, 0.1) is 14.9 Å².